The number of benzene rings is 2. The number of fused-ring (bicyclic) bond motifs is 1. The van der Waals surface area contributed by atoms with Crippen LogP contribution in [-0.2, 0) is 12.8 Å². The van der Waals surface area contributed by atoms with Crippen molar-refractivity contribution in [3.8, 4) is 11.1 Å². The Morgan fingerprint density at radius 1 is 0.731 bits per heavy atom. The average Bonchev–Trinajstić information content (AvgIpc) is 2.66. The summed E-state index contributed by atoms with van der Waals surface area (Å²) in [6, 6.07) is 5.17. The largest absolute Gasteiger partial charge is 0.206 e. The van der Waals surface area contributed by atoms with E-state index >= 15 is 4.39 Å². The molecule has 1 atom stereocenters. The maximum absolute atomic E-state index is 15.0. The molecule has 2 aliphatic rings. The summed E-state index contributed by atoms with van der Waals surface area (Å²) in [4.78, 5) is 0. The molecular formula is C22H22F4. The van der Waals surface area contributed by atoms with Gasteiger partial charge < -0.3 is 0 Å². The minimum absolute atomic E-state index is 0.0381. The van der Waals surface area contributed by atoms with E-state index in [1.807, 2.05) is 6.07 Å². The van der Waals surface area contributed by atoms with E-state index in [1.54, 1.807) is 6.07 Å². The van der Waals surface area contributed by atoms with Crippen LogP contribution < -0.4 is 0 Å². The Morgan fingerprint density at radius 3 is 2.12 bits per heavy atom. The van der Waals surface area contributed by atoms with Gasteiger partial charge in [0.2, 0.25) is 0 Å². The molecule has 2 aliphatic carbocycles. The lowest BCUT2D eigenvalue weighted by atomic mass is 9.71. The van der Waals surface area contributed by atoms with Crippen LogP contribution in [0, 0.1) is 35.1 Å². The zero-order valence-corrected chi connectivity index (χ0v) is 14.6. The standard InChI is InChI=1S/C22H22F4/c23-19-11-16(12-20(24)22(19)26)18-9-7-15-10-14(6-8-17(15)21(18)25)13-4-2-1-3-5-13/h7,9,11-14H,1-6,8,10H2. The van der Waals surface area contributed by atoms with E-state index in [0.717, 1.165) is 36.5 Å². The van der Waals surface area contributed by atoms with Crippen LogP contribution in [0.3, 0.4) is 0 Å². The monoisotopic (exact) mass is 362 g/mol. The number of halogens is 4. The molecule has 0 aliphatic heterocycles. The van der Waals surface area contributed by atoms with Crippen molar-refractivity contribution in [2.24, 2.45) is 11.8 Å². The molecule has 2 aromatic carbocycles. The zero-order chi connectivity index (χ0) is 18.3. The van der Waals surface area contributed by atoms with E-state index in [0.29, 0.717) is 17.9 Å². The summed E-state index contributed by atoms with van der Waals surface area (Å²) in [6.07, 6.45) is 8.95. The van der Waals surface area contributed by atoms with Gasteiger partial charge in [0.1, 0.15) is 5.82 Å². The summed E-state index contributed by atoms with van der Waals surface area (Å²) >= 11 is 0. The van der Waals surface area contributed by atoms with E-state index < -0.39 is 23.3 Å². The van der Waals surface area contributed by atoms with Crippen LogP contribution in [0.25, 0.3) is 11.1 Å². The van der Waals surface area contributed by atoms with E-state index in [2.05, 4.69) is 0 Å². The van der Waals surface area contributed by atoms with Gasteiger partial charge in [0.25, 0.3) is 0 Å². The molecule has 4 rings (SSSR count). The van der Waals surface area contributed by atoms with Gasteiger partial charge in [0.15, 0.2) is 17.5 Å². The molecule has 0 spiro atoms. The third-order valence-electron chi connectivity index (χ3n) is 6.20. The van der Waals surface area contributed by atoms with Gasteiger partial charge in [-0.15, -0.1) is 0 Å². The molecule has 138 valence electrons. The molecule has 1 fully saturated rings. The molecule has 1 unspecified atom stereocenters. The van der Waals surface area contributed by atoms with Crippen LogP contribution in [0.4, 0.5) is 17.6 Å². The molecule has 0 heterocycles. The highest BCUT2D eigenvalue weighted by molar-refractivity contribution is 5.66. The minimum atomic E-state index is -1.53. The lowest BCUT2D eigenvalue weighted by Crippen LogP contribution is -2.25. The Balaban J connectivity index is 1.64. The highest BCUT2D eigenvalue weighted by Crippen LogP contribution is 2.40. The van der Waals surface area contributed by atoms with Crippen molar-refractivity contribution in [1.82, 2.24) is 0 Å². The Hall–Kier alpha value is -1.84. The Bertz CT molecular complexity index is 798. The maximum atomic E-state index is 15.0. The normalized spacial score (nSPS) is 20.8. The highest BCUT2D eigenvalue weighted by atomic mass is 19.2. The van der Waals surface area contributed by atoms with Gasteiger partial charge in [-0.1, -0.05) is 44.2 Å². The molecule has 0 aromatic heterocycles. The summed E-state index contributed by atoms with van der Waals surface area (Å²) < 4.78 is 55.2. The maximum Gasteiger partial charge on any atom is 0.194 e. The van der Waals surface area contributed by atoms with Crippen LogP contribution in [0.5, 0.6) is 0 Å². The van der Waals surface area contributed by atoms with Crippen LogP contribution in [0.2, 0.25) is 0 Å². The van der Waals surface area contributed by atoms with Crippen molar-refractivity contribution < 1.29 is 17.6 Å². The van der Waals surface area contributed by atoms with Crippen molar-refractivity contribution in [3.63, 3.8) is 0 Å². The van der Waals surface area contributed by atoms with E-state index in [4.69, 9.17) is 0 Å². The van der Waals surface area contributed by atoms with Gasteiger partial charge in [-0.25, -0.2) is 17.6 Å². The fourth-order valence-electron chi connectivity index (χ4n) is 4.78. The smallest absolute Gasteiger partial charge is 0.194 e. The predicted octanol–water partition coefficient (Wildman–Crippen LogP) is 6.60. The summed E-state index contributed by atoms with van der Waals surface area (Å²) in [5, 5.41) is 0. The van der Waals surface area contributed by atoms with Crippen molar-refractivity contribution in [1.29, 1.82) is 0 Å². The third-order valence-corrected chi connectivity index (χ3v) is 6.20. The first kappa shape index (κ1) is 17.6. The van der Waals surface area contributed by atoms with E-state index in [-0.39, 0.29) is 11.1 Å². The van der Waals surface area contributed by atoms with Crippen LogP contribution >= 0.6 is 0 Å². The van der Waals surface area contributed by atoms with Crippen LogP contribution in [0.15, 0.2) is 24.3 Å². The van der Waals surface area contributed by atoms with Gasteiger partial charge in [-0.3, -0.25) is 0 Å². The fourth-order valence-corrected chi connectivity index (χ4v) is 4.78. The van der Waals surface area contributed by atoms with Crippen LogP contribution in [-0.4, -0.2) is 0 Å². The molecule has 2 aromatic rings. The molecule has 0 N–H and O–H groups in total. The molecule has 0 bridgehead atoms. The average molecular weight is 362 g/mol. The molecule has 0 amide bonds. The van der Waals surface area contributed by atoms with Crippen molar-refractivity contribution in [3.05, 3.63) is 58.7 Å². The van der Waals surface area contributed by atoms with Gasteiger partial charge in [0, 0.05) is 5.56 Å². The van der Waals surface area contributed by atoms with Crippen LogP contribution in [0.1, 0.15) is 49.7 Å². The van der Waals surface area contributed by atoms with Gasteiger partial charge >= 0.3 is 0 Å². The first-order valence-corrected chi connectivity index (χ1v) is 9.49. The molecule has 0 saturated heterocycles. The molecule has 0 nitrogen and oxygen atoms in total. The second-order valence-electron chi connectivity index (χ2n) is 7.72. The van der Waals surface area contributed by atoms with Crippen molar-refractivity contribution in [2.75, 3.05) is 0 Å². The first-order valence-electron chi connectivity index (χ1n) is 9.49. The number of rotatable bonds is 2. The Labute approximate surface area is 151 Å². The quantitative estimate of drug-likeness (QED) is 0.417. The first-order chi connectivity index (χ1) is 12.5. The molecule has 4 heteroatoms. The Morgan fingerprint density at radius 2 is 1.42 bits per heavy atom. The minimum Gasteiger partial charge on any atom is -0.206 e. The molecule has 26 heavy (non-hydrogen) atoms. The second-order valence-corrected chi connectivity index (χ2v) is 7.72. The number of hydrogen-bond donors (Lipinski definition) is 0. The van der Waals surface area contributed by atoms with Gasteiger partial charge in [-0.2, -0.15) is 0 Å². The number of hydrogen-bond acceptors (Lipinski definition) is 0. The van der Waals surface area contributed by atoms with E-state index in [9.17, 15) is 13.2 Å². The predicted molar refractivity (Wildman–Crippen MR) is 93.8 cm³/mol. The summed E-state index contributed by atoms with van der Waals surface area (Å²) in [5.41, 5.74) is 1.84. The topological polar surface area (TPSA) is 0 Å². The fraction of sp³-hybridized carbons (Fsp3) is 0.455. The van der Waals surface area contributed by atoms with Crippen molar-refractivity contribution in [2.45, 2.75) is 51.4 Å². The SMILES string of the molecule is Fc1cc(-c2ccc3c(c2F)CCC(C2CCCCC2)C3)cc(F)c1F. The molecule has 0 radical (unpaired) electrons. The second kappa shape index (κ2) is 7.05. The highest BCUT2D eigenvalue weighted by Gasteiger charge is 2.29. The van der Waals surface area contributed by atoms with Crippen molar-refractivity contribution >= 4 is 0 Å². The summed E-state index contributed by atoms with van der Waals surface area (Å²) in [5.74, 6) is -3.20. The molecular weight excluding hydrogens is 340 g/mol. The Kier molecular flexibility index (Phi) is 4.76. The molecule has 1 saturated carbocycles. The summed E-state index contributed by atoms with van der Waals surface area (Å²) in [7, 11) is 0. The summed E-state index contributed by atoms with van der Waals surface area (Å²) in [6.45, 7) is 0. The lowest BCUT2D eigenvalue weighted by molar-refractivity contribution is 0.226. The lowest BCUT2D eigenvalue weighted by Gasteiger charge is -2.34. The zero-order valence-electron chi connectivity index (χ0n) is 14.6. The third kappa shape index (κ3) is 3.15. The van der Waals surface area contributed by atoms with Gasteiger partial charge in [-0.05, 0) is 59.9 Å². The van der Waals surface area contributed by atoms with E-state index in [1.165, 1.54) is 32.1 Å². The van der Waals surface area contributed by atoms with Gasteiger partial charge in [0.05, 0.1) is 0 Å².